The molecular formula is C50H41N3O. The zero-order valence-electron chi connectivity index (χ0n) is 31.0. The molecule has 262 valence electrons. The van der Waals surface area contributed by atoms with E-state index in [4.69, 9.17) is 9.97 Å². The highest BCUT2D eigenvalue weighted by atomic mass is 16.3. The second-order valence-corrected chi connectivity index (χ2v) is 15.4. The summed E-state index contributed by atoms with van der Waals surface area (Å²) >= 11 is 0. The molecule has 1 N–H and O–H groups in total. The van der Waals surface area contributed by atoms with Crippen molar-refractivity contribution in [2.24, 2.45) is 0 Å². The molecule has 0 fully saturated rings. The van der Waals surface area contributed by atoms with Gasteiger partial charge in [-0.1, -0.05) is 137 Å². The second kappa shape index (κ2) is 12.4. The molecule has 0 saturated carbocycles. The number of rotatable bonds is 6. The van der Waals surface area contributed by atoms with Crippen molar-refractivity contribution in [1.29, 1.82) is 0 Å². The predicted octanol–water partition coefficient (Wildman–Crippen LogP) is 12.4. The summed E-state index contributed by atoms with van der Waals surface area (Å²) in [5.74, 6) is 1.90. The highest BCUT2D eigenvalue weighted by Crippen LogP contribution is 2.58. The number of hydrogen-bond donors (Lipinski definition) is 1. The topological polar surface area (TPSA) is 50.9 Å². The van der Waals surface area contributed by atoms with Crippen LogP contribution in [-0.2, 0) is 0 Å². The molecule has 2 heterocycles. The molecule has 0 radical (unpaired) electrons. The van der Waals surface area contributed by atoms with Gasteiger partial charge >= 0.3 is 0 Å². The summed E-state index contributed by atoms with van der Waals surface area (Å²) < 4.78 is 2.40. The lowest BCUT2D eigenvalue weighted by Crippen LogP contribution is -2.28. The Morgan fingerprint density at radius 2 is 1.11 bits per heavy atom. The van der Waals surface area contributed by atoms with Crippen molar-refractivity contribution in [3.05, 3.63) is 190 Å². The van der Waals surface area contributed by atoms with Gasteiger partial charge in [0.05, 0.1) is 28.1 Å². The van der Waals surface area contributed by atoms with Crippen molar-refractivity contribution in [2.75, 3.05) is 0 Å². The van der Waals surface area contributed by atoms with E-state index in [1.54, 1.807) is 6.07 Å². The number of para-hydroxylation sites is 4. The minimum absolute atomic E-state index is 0.0399. The summed E-state index contributed by atoms with van der Waals surface area (Å²) in [6.07, 6.45) is 0. The summed E-state index contributed by atoms with van der Waals surface area (Å²) in [6.45, 7) is 9.11. The van der Waals surface area contributed by atoms with E-state index in [0.29, 0.717) is 11.8 Å². The van der Waals surface area contributed by atoms with Gasteiger partial charge in [0.2, 0.25) is 0 Å². The standard InChI is InChI=1S/C50H41N3O/c1-29(2)33-22-14-23-34(30(3)4)49(33)53-43-25-11-10-24-41(43)52-50(53)32-16-13-15-31(27-32)48-47-40(28-42(51-48)39-21-9-12-26-44(39)54)45-35-17-5-7-19-37(35)46(47)38-20-8-6-18-36(38)45/h5-30,45-46,54H,1-4H3. The van der Waals surface area contributed by atoms with Crippen LogP contribution in [0, 0.1) is 0 Å². The van der Waals surface area contributed by atoms with Crippen LogP contribution < -0.4 is 0 Å². The van der Waals surface area contributed by atoms with Gasteiger partial charge in [-0.05, 0) is 92.7 Å². The Hall–Kier alpha value is -6.26. The SMILES string of the molecule is CC(C)c1cccc(C(C)C)c1-n1c(-c2cccc(-c3nc(-c4ccccc4O)cc4c3C3c5ccccc5C4c4ccccc43)c2)nc2ccccc21. The lowest BCUT2D eigenvalue weighted by molar-refractivity contribution is 0.477. The van der Waals surface area contributed by atoms with Crippen LogP contribution in [0.15, 0.2) is 146 Å². The van der Waals surface area contributed by atoms with Crippen LogP contribution >= 0.6 is 0 Å². The molecule has 2 bridgehead atoms. The molecule has 54 heavy (non-hydrogen) atoms. The van der Waals surface area contributed by atoms with Gasteiger partial charge in [-0.3, -0.25) is 4.57 Å². The molecule has 4 heteroatoms. The number of phenols is 1. The third kappa shape index (κ3) is 4.83. The van der Waals surface area contributed by atoms with Crippen LogP contribution in [0.1, 0.15) is 95.9 Å². The Morgan fingerprint density at radius 3 is 1.78 bits per heavy atom. The number of benzene rings is 6. The lowest BCUT2D eigenvalue weighted by atomic mass is 9.60. The number of nitrogens with zero attached hydrogens (tertiary/aromatic N) is 3. The first kappa shape index (κ1) is 32.4. The van der Waals surface area contributed by atoms with E-state index in [1.807, 2.05) is 18.2 Å². The molecule has 0 atom stereocenters. The van der Waals surface area contributed by atoms with Crippen molar-refractivity contribution < 1.29 is 5.11 Å². The van der Waals surface area contributed by atoms with E-state index < -0.39 is 0 Å². The first-order valence-corrected chi connectivity index (χ1v) is 19.1. The van der Waals surface area contributed by atoms with E-state index in [1.165, 1.54) is 50.2 Å². The van der Waals surface area contributed by atoms with Gasteiger partial charge < -0.3 is 5.11 Å². The summed E-state index contributed by atoms with van der Waals surface area (Å²) in [7, 11) is 0. The monoisotopic (exact) mass is 699 g/mol. The minimum Gasteiger partial charge on any atom is -0.507 e. The number of fused-ring (bicyclic) bond motifs is 1. The molecule has 0 unspecified atom stereocenters. The Morgan fingerprint density at radius 1 is 0.537 bits per heavy atom. The Bertz CT molecular complexity index is 2700. The van der Waals surface area contributed by atoms with Crippen LogP contribution in [-0.4, -0.2) is 19.6 Å². The average molecular weight is 700 g/mol. The van der Waals surface area contributed by atoms with Crippen LogP contribution in [0.4, 0.5) is 0 Å². The van der Waals surface area contributed by atoms with Crippen LogP contribution in [0.2, 0.25) is 0 Å². The van der Waals surface area contributed by atoms with Gasteiger partial charge in [0.1, 0.15) is 11.6 Å². The lowest BCUT2D eigenvalue weighted by Gasteiger charge is -2.43. The van der Waals surface area contributed by atoms with Crippen LogP contribution in [0.5, 0.6) is 5.75 Å². The molecule has 2 aromatic heterocycles. The van der Waals surface area contributed by atoms with Gasteiger partial charge in [0, 0.05) is 28.5 Å². The first-order valence-electron chi connectivity index (χ1n) is 19.1. The fourth-order valence-corrected chi connectivity index (χ4v) is 9.24. The number of pyridine rings is 1. The number of imidazole rings is 1. The van der Waals surface area contributed by atoms with Crippen molar-refractivity contribution in [3.8, 4) is 45.3 Å². The zero-order valence-corrected chi connectivity index (χ0v) is 31.0. The van der Waals surface area contributed by atoms with E-state index in [0.717, 1.165) is 44.9 Å². The molecule has 11 rings (SSSR count). The number of phenolic OH excluding ortho intramolecular Hbond substituents is 1. The molecular weight excluding hydrogens is 659 g/mol. The first-order chi connectivity index (χ1) is 26.4. The maximum absolute atomic E-state index is 11.1. The van der Waals surface area contributed by atoms with Crippen molar-refractivity contribution in [2.45, 2.75) is 51.4 Å². The highest BCUT2D eigenvalue weighted by molar-refractivity contribution is 5.86. The van der Waals surface area contributed by atoms with E-state index in [-0.39, 0.29) is 17.6 Å². The maximum Gasteiger partial charge on any atom is 0.145 e. The Labute approximate surface area is 316 Å². The van der Waals surface area contributed by atoms with E-state index in [9.17, 15) is 5.11 Å². The molecule has 6 aromatic carbocycles. The molecule has 0 amide bonds. The molecule has 0 saturated heterocycles. The predicted molar refractivity (Wildman–Crippen MR) is 220 cm³/mol. The van der Waals surface area contributed by atoms with Gasteiger partial charge in [-0.25, -0.2) is 9.97 Å². The third-order valence-electron chi connectivity index (χ3n) is 11.6. The molecule has 0 spiro atoms. The van der Waals surface area contributed by atoms with E-state index >= 15 is 0 Å². The quantitative estimate of drug-likeness (QED) is 0.188. The number of aromatic nitrogens is 3. The highest BCUT2D eigenvalue weighted by Gasteiger charge is 2.43. The fourth-order valence-electron chi connectivity index (χ4n) is 9.24. The zero-order chi connectivity index (χ0) is 36.7. The van der Waals surface area contributed by atoms with Gasteiger partial charge in [-0.15, -0.1) is 0 Å². The fraction of sp³-hybridized carbons (Fsp3) is 0.160. The average Bonchev–Trinajstić information content (AvgIpc) is 3.59. The van der Waals surface area contributed by atoms with Crippen LogP contribution in [0.25, 0.3) is 50.6 Å². The third-order valence-corrected chi connectivity index (χ3v) is 11.6. The molecule has 3 aliphatic carbocycles. The summed E-state index contributed by atoms with van der Waals surface area (Å²) in [5, 5.41) is 11.1. The van der Waals surface area contributed by atoms with Crippen LogP contribution in [0.3, 0.4) is 0 Å². The van der Waals surface area contributed by atoms with Crippen molar-refractivity contribution in [1.82, 2.24) is 14.5 Å². The second-order valence-electron chi connectivity index (χ2n) is 15.4. The molecule has 0 aliphatic heterocycles. The normalized spacial score (nSPS) is 15.4. The van der Waals surface area contributed by atoms with Gasteiger partial charge in [0.25, 0.3) is 0 Å². The van der Waals surface area contributed by atoms with Gasteiger partial charge in [0.15, 0.2) is 0 Å². The molecule has 3 aliphatic rings. The van der Waals surface area contributed by atoms with Crippen molar-refractivity contribution in [3.63, 3.8) is 0 Å². The Balaban J connectivity index is 1.25. The maximum atomic E-state index is 11.1. The smallest absolute Gasteiger partial charge is 0.145 e. The summed E-state index contributed by atoms with van der Waals surface area (Å²) in [6, 6.07) is 51.6. The number of hydrogen-bond acceptors (Lipinski definition) is 3. The van der Waals surface area contributed by atoms with Gasteiger partial charge in [-0.2, -0.15) is 0 Å². The summed E-state index contributed by atoms with van der Waals surface area (Å²) in [5.41, 5.74) is 18.3. The number of aromatic hydroxyl groups is 1. The van der Waals surface area contributed by atoms with Crippen molar-refractivity contribution >= 4 is 11.0 Å². The molecule has 4 nitrogen and oxygen atoms in total. The minimum atomic E-state index is 0.0399. The molecule has 8 aromatic rings. The van der Waals surface area contributed by atoms with E-state index in [2.05, 4.69) is 154 Å². The summed E-state index contributed by atoms with van der Waals surface area (Å²) in [4.78, 5) is 10.9. The largest absolute Gasteiger partial charge is 0.507 e. The Kier molecular flexibility index (Phi) is 7.45.